The molecule has 0 aromatic heterocycles. The second-order valence-electron chi connectivity index (χ2n) is 2.64. The first-order valence-electron chi connectivity index (χ1n) is 3.58. The number of rotatable bonds is 2. The van der Waals surface area contributed by atoms with Crippen molar-refractivity contribution in [3.63, 3.8) is 0 Å². The van der Waals surface area contributed by atoms with Crippen LogP contribution in [0.2, 0.25) is 0 Å². The number of benzene rings is 1. The predicted octanol–water partition coefficient (Wildman–Crippen LogP) is 0.787. The van der Waals surface area contributed by atoms with Gasteiger partial charge in [0.1, 0.15) is 4.90 Å². The number of hydrogen-bond acceptors (Lipinski definition) is 3. The molecule has 5 heteroatoms. The Hall–Kier alpha value is -0.910. The highest BCUT2D eigenvalue weighted by Gasteiger charge is 2.11. The van der Waals surface area contributed by atoms with E-state index in [0.29, 0.717) is 5.56 Å². The molecule has 0 saturated heterocycles. The first-order valence-corrected chi connectivity index (χ1v) is 5.02. The maximum atomic E-state index is 10.7. The van der Waals surface area contributed by atoms with E-state index >= 15 is 0 Å². The molecule has 4 nitrogen and oxygen atoms in total. The van der Waals surface area contributed by atoms with Gasteiger partial charge in [-0.2, -0.15) is 8.42 Å². The summed E-state index contributed by atoms with van der Waals surface area (Å²) in [6, 6.07) is 6.40. The summed E-state index contributed by atoms with van der Waals surface area (Å²) in [5.41, 5.74) is 0.423. The second-order valence-corrected chi connectivity index (χ2v) is 4.03. The van der Waals surface area contributed by atoms with Gasteiger partial charge in [-0.3, -0.25) is 4.55 Å². The van der Waals surface area contributed by atoms with Gasteiger partial charge >= 0.3 is 0 Å². The summed E-state index contributed by atoms with van der Waals surface area (Å²) in [5.74, 6) is 0. The van der Waals surface area contributed by atoms with Crippen molar-refractivity contribution in [2.24, 2.45) is 0 Å². The lowest BCUT2D eigenvalue weighted by Crippen LogP contribution is -2.00. The van der Waals surface area contributed by atoms with E-state index in [4.69, 9.17) is 9.66 Å². The molecule has 0 aliphatic rings. The zero-order valence-corrected chi connectivity index (χ0v) is 7.75. The Labute approximate surface area is 76.6 Å². The third-order valence-electron chi connectivity index (χ3n) is 1.56. The number of hydrogen-bond donors (Lipinski definition) is 2. The van der Waals surface area contributed by atoms with Crippen LogP contribution in [0.3, 0.4) is 0 Å². The lowest BCUT2D eigenvalue weighted by atomic mass is 10.1. The molecule has 0 fully saturated rings. The molecule has 0 amide bonds. The number of aliphatic hydroxyl groups excluding tert-OH is 1. The smallest absolute Gasteiger partial charge is 0.295 e. The van der Waals surface area contributed by atoms with Crippen molar-refractivity contribution in [2.75, 3.05) is 0 Å². The van der Waals surface area contributed by atoms with Gasteiger partial charge in [0.05, 0.1) is 6.10 Å². The van der Waals surface area contributed by atoms with Crippen molar-refractivity contribution in [2.45, 2.75) is 17.9 Å². The molecule has 71 valence electrons. The van der Waals surface area contributed by atoms with Gasteiger partial charge in [-0.15, -0.1) is 0 Å². The van der Waals surface area contributed by atoms with Crippen molar-refractivity contribution in [1.29, 1.82) is 0 Å². The van der Waals surface area contributed by atoms with Gasteiger partial charge < -0.3 is 5.11 Å². The Kier molecular flexibility index (Phi) is 2.70. The lowest BCUT2D eigenvalue weighted by Gasteiger charge is -2.04. The van der Waals surface area contributed by atoms with Crippen LogP contribution in [0, 0.1) is 6.07 Å². The van der Waals surface area contributed by atoms with E-state index in [1.165, 1.54) is 25.1 Å². The van der Waals surface area contributed by atoms with Crippen molar-refractivity contribution < 1.29 is 18.1 Å². The van der Waals surface area contributed by atoms with E-state index in [0.717, 1.165) is 0 Å². The van der Waals surface area contributed by atoms with Crippen molar-refractivity contribution >= 4 is 10.1 Å². The summed E-state index contributed by atoms with van der Waals surface area (Å²) in [5, 5.41) is 9.12. The molecule has 0 spiro atoms. The van der Waals surface area contributed by atoms with Crippen LogP contribution in [0.5, 0.6) is 0 Å². The summed E-state index contributed by atoms with van der Waals surface area (Å²) in [6.07, 6.45) is -0.768. The summed E-state index contributed by atoms with van der Waals surface area (Å²) >= 11 is 0. The molecule has 0 bridgehead atoms. The Morgan fingerprint density at radius 2 is 2.15 bits per heavy atom. The van der Waals surface area contributed by atoms with Crippen LogP contribution in [0.1, 0.15) is 18.6 Å². The molecular weight excluding hydrogens is 192 g/mol. The SMILES string of the molecule is CC(O)c1cc[c]c(S(=O)(=O)O)c1. The molecule has 1 radical (unpaired) electrons. The minimum atomic E-state index is -4.23. The van der Waals surface area contributed by atoms with Crippen LogP contribution in [0.15, 0.2) is 23.1 Å². The zero-order valence-electron chi connectivity index (χ0n) is 6.93. The summed E-state index contributed by atoms with van der Waals surface area (Å²) in [7, 11) is -4.23. The van der Waals surface area contributed by atoms with Gasteiger partial charge in [0.2, 0.25) is 0 Å². The normalized spacial score (nSPS) is 14.1. The van der Waals surface area contributed by atoms with Crippen LogP contribution in [-0.2, 0) is 10.1 Å². The summed E-state index contributed by atoms with van der Waals surface area (Å²) < 4.78 is 30.0. The lowest BCUT2D eigenvalue weighted by molar-refractivity contribution is 0.199. The van der Waals surface area contributed by atoms with Crippen LogP contribution in [0.4, 0.5) is 0 Å². The zero-order chi connectivity index (χ0) is 10.1. The third kappa shape index (κ3) is 2.51. The minimum Gasteiger partial charge on any atom is -0.389 e. The molecule has 0 aliphatic heterocycles. The second kappa shape index (κ2) is 3.45. The quantitative estimate of drug-likeness (QED) is 0.693. The van der Waals surface area contributed by atoms with Crippen LogP contribution in [-0.4, -0.2) is 18.1 Å². The highest BCUT2D eigenvalue weighted by Crippen LogP contribution is 2.16. The Balaban J connectivity index is 3.21. The molecule has 0 aliphatic carbocycles. The third-order valence-corrected chi connectivity index (χ3v) is 2.35. The molecule has 0 heterocycles. The molecule has 1 atom stereocenters. The molecular formula is C8H9O4S. The van der Waals surface area contributed by atoms with Crippen molar-refractivity contribution in [3.8, 4) is 0 Å². The molecule has 1 unspecified atom stereocenters. The Morgan fingerprint density at radius 1 is 1.54 bits per heavy atom. The average Bonchev–Trinajstić information content (AvgIpc) is 2.03. The first kappa shape index (κ1) is 10.2. The van der Waals surface area contributed by atoms with Crippen molar-refractivity contribution in [3.05, 3.63) is 29.8 Å². The largest absolute Gasteiger partial charge is 0.389 e. The standard InChI is InChI=1S/C8H9O4S/c1-6(9)7-3-2-4-8(5-7)13(10,11)12/h2-3,5-6,9H,1H3,(H,10,11,12). The predicted molar refractivity (Wildman–Crippen MR) is 45.7 cm³/mol. The fraction of sp³-hybridized carbons (Fsp3) is 0.250. The van der Waals surface area contributed by atoms with E-state index in [9.17, 15) is 8.42 Å². The van der Waals surface area contributed by atoms with Crippen LogP contribution in [0.25, 0.3) is 0 Å². The number of aliphatic hydroxyl groups is 1. The van der Waals surface area contributed by atoms with Gasteiger partial charge in [0, 0.05) is 6.07 Å². The van der Waals surface area contributed by atoms with E-state index in [1.807, 2.05) is 0 Å². The van der Waals surface area contributed by atoms with Gasteiger partial charge in [-0.25, -0.2) is 0 Å². The van der Waals surface area contributed by atoms with Crippen molar-refractivity contribution in [1.82, 2.24) is 0 Å². The van der Waals surface area contributed by atoms with E-state index < -0.39 is 16.2 Å². The van der Waals surface area contributed by atoms with Crippen LogP contribution >= 0.6 is 0 Å². The monoisotopic (exact) mass is 201 g/mol. The average molecular weight is 201 g/mol. The first-order chi connectivity index (χ1) is 5.91. The van der Waals surface area contributed by atoms with Gasteiger partial charge in [-0.1, -0.05) is 12.1 Å². The Morgan fingerprint density at radius 3 is 2.62 bits per heavy atom. The van der Waals surface area contributed by atoms with Crippen LogP contribution < -0.4 is 0 Å². The van der Waals surface area contributed by atoms with Gasteiger partial charge in [0.15, 0.2) is 0 Å². The Bertz CT molecular complexity index is 394. The van der Waals surface area contributed by atoms with E-state index in [1.54, 1.807) is 0 Å². The molecule has 1 aromatic rings. The minimum absolute atomic E-state index is 0.328. The van der Waals surface area contributed by atoms with Gasteiger partial charge in [0.25, 0.3) is 10.1 Å². The highest BCUT2D eigenvalue weighted by atomic mass is 32.2. The fourth-order valence-corrected chi connectivity index (χ4v) is 1.37. The highest BCUT2D eigenvalue weighted by molar-refractivity contribution is 7.85. The topological polar surface area (TPSA) is 74.6 Å². The molecule has 2 N–H and O–H groups in total. The molecule has 1 aromatic carbocycles. The van der Waals surface area contributed by atoms with Gasteiger partial charge in [-0.05, 0) is 18.6 Å². The molecule has 1 rings (SSSR count). The van der Waals surface area contributed by atoms with E-state index in [2.05, 4.69) is 6.07 Å². The maximum Gasteiger partial charge on any atom is 0.295 e. The summed E-state index contributed by atoms with van der Waals surface area (Å²) in [6.45, 7) is 1.50. The van der Waals surface area contributed by atoms with E-state index in [-0.39, 0.29) is 4.90 Å². The molecule has 0 saturated carbocycles. The maximum absolute atomic E-state index is 10.7. The fourth-order valence-electron chi connectivity index (χ4n) is 0.870. The summed E-state index contributed by atoms with van der Waals surface area (Å²) in [4.78, 5) is -0.328. The molecule has 13 heavy (non-hydrogen) atoms.